The number of hydrogen-bond donors (Lipinski definition) is 1. The highest BCUT2D eigenvalue weighted by atomic mass is 16.3. The Morgan fingerprint density at radius 2 is 2.31 bits per heavy atom. The molecule has 3 rings (SSSR count). The van der Waals surface area contributed by atoms with E-state index in [-0.39, 0.29) is 6.10 Å². The topological polar surface area (TPSA) is 33.4 Å². The van der Waals surface area contributed by atoms with Crippen molar-refractivity contribution >= 4 is 0 Å². The van der Waals surface area contributed by atoms with Gasteiger partial charge >= 0.3 is 0 Å². The molecule has 0 saturated heterocycles. The number of furan rings is 1. The van der Waals surface area contributed by atoms with Crippen LogP contribution in [0.25, 0.3) is 0 Å². The molecule has 2 nitrogen and oxygen atoms in total. The van der Waals surface area contributed by atoms with Crippen molar-refractivity contribution in [3.05, 3.63) is 23.7 Å². The Labute approximate surface area is 77.6 Å². The Balaban J connectivity index is 2.07. The van der Waals surface area contributed by atoms with Crippen LogP contribution in [0.3, 0.4) is 0 Å². The molecule has 1 N–H and O–H groups in total. The summed E-state index contributed by atoms with van der Waals surface area (Å²) < 4.78 is 5.48. The van der Waals surface area contributed by atoms with Crippen LogP contribution < -0.4 is 0 Å². The molecule has 3 unspecified atom stereocenters. The van der Waals surface area contributed by atoms with E-state index in [1.165, 1.54) is 19.3 Å². The maximum Gasteiger partial charge on any atom is 0.112 e. The first-order chi connectivity index (χ1) is 6.36. The van der Waals surface area contributed by atoms with Crippen molar-refractivity contribution in [1.29, 1.82) is 0 Å². The minimum atomic E-state index is -0.270. The van der Waals surface area contributed by atoms with Gasteiger partial charge < -0.3 is 9.52 Å². The fraction of sp³-hybridized carbons (Fsp3) is 0.636. The number of aliphatic hydroxyl groups excluding tert-OH is 1. The minimum absolute atomic E-state index is 0.270. The Morgan fingerprint density at radius 3 is 3.23 bits per heavy atom. The molecule has 70 valence electrons. The van der Waals surface area contributed by atoms with Crippen molar-refractivity contribution < 1.29 is 9.52 Å². The highest BCUT2D eigenvalue weighted by molar-refractivity contribution is 5.28. The van der Waals surface area contributed by atoms with Gasteiger partial charge in [-0.25, -0.2) is 0 Å². The van der Waals surface area contributed by atoms with Gasteiger partial charge in [-0.2, -0.15) is 0 Å². The van der Waals surface area contributed by atoms with Gasteiger partial charge in [0.05, 0.1) is 12.4 Å². The van der Waals surface area contributed by atoms with Gasteiger partial charge in [0, 0.05) is 11.5 Å². The smallest absolute Gasteiger partial charge is 0.112 e. The van der Waals surface area contributed by atoms with Crippen LogP contribution in [0.5, 0.6) is 0 Å². The van der Waals surface area contributed by atoms with Crippen LogP contribution in [-0.4, -0.2) is 5.11 Å². The molecule has 0 spiro atoms. The standard InChI is InChI=1S/C11H14O2/c12-10-6-7-2-1-3-8(7)11-9(10)4-5-13-11/h4-5,7-8,10,12H,1-3,6H2. The summed E-state index contributed by atoms with van der Waals surface area (Å²) in [5.41, 5.74) is 1.04. The summed E-state index contributed by atoms with van der Waals surface area (Å²) >= 11 is 0. The predicted molar refractivity (Wildman–Crippen MR) is 48.4 cm³/mol. The molecule has 13 heavy (non-hydrogen) atoms. The lowest BCUT2D eigenvalue weighted by Gasteiger charge is -2.27. The van der Waals surface area contributed by atoms with Crippen molar-refractivity contribution in [3.8, 4) is 0 Å². The second-order valence-corrected chi connectivity index (χ2v) is 4.29. The van der Waals surface area contributed by atoms with E-state index in [1.807, 2.05) is 6.07 Å². The zero-order valence-corrected chi connectivity index (χ0v) is 7.57. The number of aliphatic hydroxyl groups is 1. The summed E-state index contributed by atoms with van der Waals surface area (Å²) in [6, 6.07) is 1.93. The quantitative estimate of drug-likeness (QED) is 0.662. The second-order valence-electron chi connectivity index (χ2n) is 4.29. The third-order valence-corrected chi connectivity index (χ3v) is 3.61. The summed E-state index contributed by atoms with van der Waals surface area (Å²) in [4.78, 5) is 0. The van der Waals surface area contributed by atoms with E-state index in [0.717, 1.165) is 17.7 Å². The summed E-state index contributed by atoms with van der Waals surface area (Å²) in [7, 11) is 0. The van der Waals surface area contributed by atoms with Gasteiger partial charge in [0.25, 0.3) is 0 Å². The van der Waals surface area contributed by atoms with Crippen LogP contribution in [0.4, 0.5) is 0 Å². The average Bonchev–Trinajstić information content (AvgIpc) is 2.66. The molecule has 1 saturated carbocycles. The van der Waals surface area contributed by atoms with Crippen LogP contribution in [0.1, 0.15) is 49.0 Å². The van der Waals surface area contributed by atoms with Crippen LogP contribution in [0.15, 0.2) is 16.7 Å². The van der Waals surface area contributed by atoms with Gasteiger partial charge in [-0.05, 0) is 31.2 Å². The maximum atomic E-state index is 9.84. The normalized spacial score (nSPS) is 37.2. The molecule has 0 bridgehead atoms. The van der Waals surface area contributed by atoms with Crippen molar-refractivity contribution in [2.24, 2.45) is 5.92 Å². The van der Waals surface area contributed by atoms with Gasteiger partial charge in [-0.1, -0.05) is 6.42 Å². The van der Waals surface area contributed by atoms with Crippen LogP contribution in [-0.2, 0) is 0 Å². The molecule has 2 aliphatic carbocycles. The Hall–Kier alpha value is -0.760. The third-order valence-electron chi connectivity index (χ3n) is 3.61. The van der Waals surface area contributed by atoms with Gasteiger partial charge in [0.15, 0.2) is 0 Å². The largest absolute Gasteiger partial charge is 0.469 e. The van der Waals surface area contributed by atoms with Crippen molar-refractivity contribution in [3.63, 3.8) is 0 Å². The fourth-order valence-corrected chi connectivity index (χ4v) is 2.99. The Bertz CT molecular complexity index is 316. The lowest BCUT2D eigenvalue weighted by molar-refractivity contribution is 0.120. The maximum absolute atomic E-state index is 9.84. The Kier molecular flexibility index (Phi) is 1.53. The zero-order chi connectivity index (χ0) is 8.84. The van der Waals surface area contributed by atoms with Crippen molar-refractivity contribution in [2.75, 3.05) is 0 Å². The predicted octanol–water partition coefficient (Wildman–Crippen LogP) is 2.60. The van der Waals surface area contributed by atoms with Gasteiger partial charge in [0.2, 0.25) is 0 Å². The summed E-state index contributed by atoms with van der Waals surface area (Å²) in [5.74, 6) is 2.35. The minimum Gasteiger partial charge on any atom is -0.469 e. The first kappa shape index (κ1) is 7.63. The van der Waals surface area contributed by atoms with Gasteiger partial charge in [0.1, 0.15) is 5.76 Å². The summed E-state index contributed by atoms with van der Waals surface area (Å²) in [5, 5.41) is 9.84. The van der Waals surface area contributed by atoms with Gasteiger partial charge in [-0.3, -0.25) is 0 Å². The monoisotopic (exact) mass is 178 g/mol. The molecule has 2 aliphatic rings. The third kappa shape index (κ3) is 0.983. The summed E-state index contributed by atoms with van der Waals surface area (Å²) in [6.45, 7) is 0. The lowest BCUT2D eigenvalue weighted by atomic mass is 9.80. The van der Waals surface area contributed by atoms with E-state index in [4.69, 9.17) is 4.42 Å². The molecule has 1 fully saturated rings. The molecule has 1 heterocycles. The molecule has 3 atom stereocenters. The molecule has 1 aromatic rings. The lowest BCUT2D eigenvalue weighted by Crippen LogP contribution is -2.18. The fourth-order valence-electron chi connectivity index (χ4n) is 2.99. The molecule has 0 aromatic carbocycles. The van der Waals surface area contributed by atoms with E-state index >= 15 is 0 Å². The van der Waals surface area contributed by atoms with E-state index in [9.17, 15) is 5.11 Å². The molecular weight excluding hydrogens is 164 g/mol. The van der Waals surface area contributed by atoms with Gasteiger partial charge in [-0.15, -0.1) is 0 Å². The highest BCUT2D eigenvalue weighted by Gasteiger charge is 2.39. The zero-order valence-electron chi connectivity index (χ0n) is 7.57. The molecule has 0 radical (unpaired) electrons. The number of hydrogen-bond acceptors (Lipinski definition) is 2. The summed E-state index contributed by atoms with van der Waals surface area (Å²) in [6.07, 6.45) is 6.20. The van der Waals surface area contributed by atoms with E-state index in [1.54, 1.807) is 6.26 Å². The van der Waals surface area contributed by atoms with Crippen LogP contribution in [0, 0.1) is 5.92 Å². The number of fused-ring (bicyclic) bond motifs is 3. The number of rotatable bonds is 0. The highest BCUT2D eigenvalue weighted by Crippen LogP contribution is 2.50. The Morgan fingerprint density at radius 1 is 1.38 bits per heavy atom. The SMILES string of the molecule is OC1CC2CCCC2c2occc21. The molecule has 1 aromatic heterocycles. The van der Waals surface area contributed by atoms with Crippen LogP contribution >= 0.6 is 0 Å². The average molecular weight is 178 g/mol. The molecular formula is C11H14O2. The van der Waals surface area contributed by atoms with Crippen molar-refractivity contribution in [1.82, 2.24) is 0 Å². The first-order valence-corrected chi connectivity index (χ1v) is 5.11. The van der Waals surface area contributed by atoms with Crippen LogP contribution in [0.2, 0.25) is 0 Å². The van der Waals surface area contributed by atoms with E-state index in [2.05, 4.69) is 0 Å². The first-order valence-electron chi connectivity index (χ1n) is 5.11. The molecule has 0 amide bonds. The molecule has 2 heteroatoms. The van der Waals surface area contributed by atoms with E-state index < -0.39 is 0 Å². The van der Waals surface area contributed by atoms with E-state index in [0.29, 0.717) is 11.8 Å². The second kappa shape index (κ2) is 2.61. The van der Waals surface area contributed by atoms with Crippen molar-refractivity contribution in [2.45, 2.75) is 37.7 Å². The molecule has 0 aliphatic heterocycles.